The first kappa shape index (κ1) is 24.5. The highest BCUT2D eigenvalue weighted by Gasteiger charge is 2.45. The lowest BCUT2D eigenvalue weighted by Crippen LogP contribution is -2.41. The van der Waals surface area contributed by atoms with Crippen molar-refractivity contribution in [2.24, 2.45) is 5.92 Å². The van der Waals surface area contributed by atoms with Gasteiger partial charge in [0.15, 0.2) is 5.69 Å². The van der Waals surface area contributed by atoms with Crippen molar-refractivity contribution in [2.75, 3.05) is 6.54 Å². The molecule has 1 aliphatic heterocycles. The van der Waals surface area contributed by atoms with Crippen molar-refractivity contribution in [2.45, 2.75) is 51.6 Å². The first-order chi connectivity index (χ1) is 16.5. The molecule has 0 saturated carbocycles. The van der Waals surface area contributed by atoms with Crippen LogP contribution in [0.3, 0.4) is 0 Å². The number of halogens is 3. The van der Waals surface area contributed by atoms with Gasteiger partial charge in [0.05, 0.1) is 30.3 Å². The summed E-state index contributed by atoms with van der Waals surface area (Å²) < 4.78 is 41.6. The Morgan fingerprint density at radius 3 is 2.60 bits per heavy atom. The van der Waals surface area contributed by atoms with Crippen LogP contribution in [0, 0.1) is 12.5 Å². The second kappa shape index (κ2) is 9.19. The zero-order valence-electron chi connectivity index (χ0n) is 19.1. The highest BCUT2D eigenvalue weighted by molar-refractivity contribution is 5.94. The topological polar surface area (TPSA) is 91.8 Å². The Labute approximate surface area is 199 Å². The number of allylic oxidation sites excluding steroid dienone is 1. The van der Waals surface area contributed by atoms with Crippen LogP contribution in [-0.4, -0.2) is 50.4 Å². The van der Waals surface area contributed by atoms with Gasteiger partial charge in [0, 0.05) is 31.3 Å². The average molecular weight is 487 g/mol. The maximum atomic E-state index is 13.4. The van der Waals surface area contributed by atoms with Crippen LogP contribution in [0.25, 0.3) is 10.4 Å². The summed E-state index contributed by atoms with van der Waals surface area (Å²) in [5.74, 6) is -2.67. The Kier molecular flexibility index (Phi) is 6.42. The van der Waals surface area contributed by atoms with Crippen molar-refractivity contribution in [3.8, 4) is 0 Å². The van der Waals surface area contributed by atoms with Gasteiger partial charge >= 0.3 is 6.18 Å². The summed E-state index contributed by atoms with van der Waals surface area (Å²) in [7, 11) is 0. The minimum absolute atomic E-state index is 0.0362. The first-order valence-electron chi connectivity index (χ1n) is 11.1. The monoisotopic (exact) mass is 487 g/mol. The molecule has 8 nitrogen and oxygen atoms in total. The van der Waals surface area contributed by atoms with Gasteiger partial charge in [0.25, 0.3) is 5.91 Å². The molecule has 2 unspecified atom stereocenters. The van der Waals surface area contributed by atoms with E-state index >= 15 is 0 Å². The molecular formula is C24H24F3N5O3. The van der Waals surface area contributed by atoms with Crippen LogP contribution in [0.2, 0.25) is 0 Å². The number of aliphatic hydroxyl groups is 1. The number of fused-ring (bicyclic) bond motifs is 1. The number of carbonyl (C=O) groups excluding carboxylic acids is 2. The van der Waals surface area contributed by atoms with E-state index in [2.05, 4.69) is 15.3 Å². The molecule has 0 spiro atoms. The van der Waals surface area contributed by atoms with E-state index in [9.17, 15) is 27.9 Å². The predicted molar refractivity (Wildman–Crippen MR) is 120 cm³/mol. The van der Waals surface area contributed by atoms with E-state index < -0.39 is 36.9 Å². The molecule has 1 aromatic heterocycles. The molecule has 184 valence electrons. The van der Waals surface area contributed by atoms with E-state index in [0.29, 0.717) is 18.8 Å². The van der Waals surface area contributed by atoms with Crippen LogP contribution in [-0.2, 0) is 11.3 Å². The molecular weight excluding hydrogens is 463 g/mol. The van der Waals surface area contributed by atoms with Crippen molar-refractivity contribution in [1.29, 1.82) is 0 Å². The summed E-state index contributed by atoms with van der Waals surface area (Å²) in [5, 5.41) is 17.5. The van der Waals surface area contributed by atoms with Crippen LogP contribution in [0.1, 0.15) is 54.5 Å². The number of alkyl halides is 3. The summed E-state index contributed by atoms with van der Waals surface area (Å²) in [5.41, 5.74) is 1.82. The van der Waals surface area contributed by atoms with Gasteiger partial charge in [-0.2, -0.15) is 18.3 Å². The molecule has 35 heavy (non-hydrogen) atoms. The zero-order chi connectivity index (χ0) is 25.5. The van der Waals surface area contributed by atoms with Gasteiger partial charge in [-0.1, -0.05) is 24.3 Å². The van der Waals surface area contributed by atoms with E-state index in [-0.39, 0.29) is 34.6 Å². The van der Waals surface area contributed by atoms with Gasteiger partial charge in [-0.25, -0.2) is 4.85 Å². The molecule has 1 aromatic carbocycles. The van der Waals surface area contributed by atoms with Crippen LogP contribution in [0.5, 0.6) is 0 Å². The maximum Gasteiger partial charge on any atom is 0.392 e. The van der Waals surface area contributed by atoms with Crippen molar-refractivity contribution in [3.05, 3.63) is 64.4 Å². The number of aliphatic hydroxyl groups excluding tert-OH is 1. The van der Waals surface area contributed by atoms with E-state index in [1.165, 1.54) is 17.7 Å². The fraction of sp³-hybridized carbons (Fsp3) is 0.417. The third-order valence-corrected chi connectivity index (χ3v) is 6.27. The third kappa shape index (κ3) is 4.93. The highest BCUT2D eigenvalue weighted by atomic mass is 19.4. The molecule has 2 aromatic rings. The number of aromatic nitrogens is 2. The normalized spacial score (nSPS) is 22.6. The first-order valence-corrected chi connectivity index (χ1v) is 11.1. The minimum atomic E-state index is -4.53. The van der Waals surface area contributed by atoms with E-state index in [4.69, 9.17) is 6.57 Å². The molecule has 2 N–H and O–H groups in total. The van der Waals surface area contributed by atoms with Gasteiger partial charge in [-0.3, -0.25) is 14.3 Å². The Hall–Kier alpha value is -3.65. The lowest BCUT2D eigenvalue weighted by molar-refractivity contribution is -0.181. The van der Waals surface area contributed by atoms with Gasteiger partial charge in [-0.05, 0) is 31.4 Å². The molecule has 2 aliphatic rings. The molecule has 1 aliphatic carbocycles. The van der Waals surface area contributed by atoms with Gasteiger partial charge < -0.3 is 15.3 Å². The number of nitrogens with zero attached hydrogens (tertiary/aromatic N) is 4. The Morgan fingerprint density at radius 1 is 1.31 bits per heavy atom. The number of benzene rings is 1. The molecule has 2 amide bonds. The Bertz CT molecular complexity index is 1230. The van der Waals surface area contributed by atoms with Gasteiger partial charge in [0.1, 0.15) is 5.69 Å². The predicted octanol–water partition coefficient (Wildman–Crippen LogP) is 3.83. The molecule has 2 heterocycles. The second-order valence-electron chi connectivity index (χ2n) is 8.94. The lowest BCUT2D eigenvalue weighted by atomic mass is 9.83. The summed E-state index contributed by atoms with van der Waals surface area (Å²) in [6, 6.07) is 8.15. The smallest absolute Gasteiger partial charge is 0.388 e. The molecule has 0 bridgehead atoms. The molecule has 4 rings (SSSR count). The zero-order valence-corrected chi connectivity index (χ0v) is 19.1. The van der Waals surface area contributed by atoms with Crippen LogP contribution >= 0.6 is 0 Å². The third-order valence-electron chi connectivity index (χ3n) is 6.27. The van der Waals surface area contributed by atoms with Crippen molar-refractivity contribution in [1.82, 2.24) is 20.0 Å². The second-order valence-corrected chi connectivity index (χ2v) is 8.94. The van der Waals surface area contributed by atoms with Gasteiger partial charge in [0.2, 0.25) is 5.91 Å². The summed E-state index contributed by atoms with van der Waals surface area (Å²) in [4.78, 5) is 29.9. The molecule has 0 saturated heterocycles. The number of hydrogen-bond acceptors (Lipinski definition) is 4. The number of carbonyl (C=O) groups is 2. The standard InChI is InChI=1S/C24H24F3N5O3/c1-13-11-31(12-15-4-6-17(28-3)7-5-15)23(35)20-10-19(30-32(13)20)22-18(29-14(2)33)8-16(9-21(22)34)24(25,26)27/h4-7,10,13,16,21,34H,8-9,11-12H2,1-2H3,(H,29,33)/t13-,16?,21?/m0/s1. The van der Waals surface area contributed by atoms with Crippen molar-refractivity contribution >= 4 is 23.1 Å². The van der Waals surface area contributed by atoms with E-state index in [1.54, 1.807) is 29.2 Å². The number of amides is 2. The highest BCUT2D eigenvalue weighted by Crippen LogP contribution is 2.42. The van der Waals surface area contributed by atoms with Gasteiger partial charge in [-0.15, -0.1) is 0 Å². The Morgan fingerprint density at radius 2 is 2.00 bits per heavy atom. The van der Waals surface area contributed by atoms with E-state index in [1.807, 2.05) is 6.92 Å². The molecule has 0 radical (unpaired) electrons. The summed E-state index contributed by atoms with van der Waals surface area (Å²) >= 11 is 0. The molecule has 11 heteroatoms. The lowest BCUT2D eigenvalue weighted by Gasteiger charge is -2.32. The van der Waals surface area contributed by atoms with Crippen molar-refractivity contribution < 1.29 is 27.9 Å². The minimum Gasteiger partial charge on any atom is -0.388 e. The number of hydrogen-bond donors (Lipinski definition) is 2. The molecule has 0 fully saturated rings. The van der Waals surface area contributed by atoms with Crippen LogP contribution in [0.4, 0.5) is 18.9 Å². The largest absolute Gasteiger partial charge is 0.392 e. The fourth-order valence-electron chi connectivity index (χ4n) is 4.63. The average Bonchev–Trinajstić information content (AvgIpc) is 3.22. The number of rotatable bonds is 4. The SMILES string of the molecule is [C-]#[N+]c1ccc(CN2C[C@H](C)n3nc(C4=C(NC(C)=O)CC(C(F)(F)F)CC4O)cc3C2=O)cc1. The fourth-order valence-corrected chi connectivity index (χ4v) is 4.63. The molecule has 3 atom stereocenters. The maximum absolute atomic E-state index is 13.4. The summed E-state index contributed by atoms with van der Waals surface area (Å²) in [6.07, 6.45) is -7.08. The quantitative estimate of drug-likeness (QED) is 0.642. The van der Waals surface area contributed by atoms with Crippen LogP contribution in [0.15, 0.2) is 36.0 Å². The summed E-state index contributed by atoms with van der Waals surface area (Å²) in [6.45, 7) is 10.8. The number of nitrogens with one attached hydrogen (secondary N) is 1. The van der Waals surface area contributed by atoms with E-state index in [0.717, 1.165) is 5.56 Å². The van der Waals surface area contributed by atoms with Crippen LogP contribution < -0.4 is 5.32 Å². The Balaban J connectivity index is 1.67. The van der Waals surface area contributed by atoms with Crippen molar-refractivity contribution in [3.63, 3.8) is 0 Å².